The third-order valence-electron chi connectivity index (χ3n) is 2.04. The van der Waals surface area contributed by atoms with E-state index in [1.807, 2.05) is 0 Å². The van der Waals surface area contributed by atoms with Gasteiger partial charge in [-0.25, -0.2) is 4.79 Å². The Labute approximate surface area is 118 Å². The second kappa shape index (κ2) is 6.02. The summed E-state index contributed by atoms with van der Waals surface area (Å²) in [4.78, 5) is 24.6. The lowest BCUT2D eigenvalue weighted by Crippen LogP contribution is -2.17. The number of carbonyl (C=O) groups is 2. The lowest BCUT2D eigenvalue weighted by atomic mass is 10.0. The summed E-state index contributed by atoms with van der Waals surface area (Å²) in [6.45, 7) is 0. The number of halogens is 2. The molecule has 0 bridgehead atoms. The predicted molar refractivity (Wildman–Crippen MR) is 72.9 cm³/mol. The van der Waals surface area contributed by atoms with Crippen LogP contribution in [0.15, 0.2) is 34.4 Å². The second-order valence-electron chi connectivity index (χ2n) is 3.76. The van der Waals surface area contributed by atoms with E-state index in [2.05, 4.69) is 15.9 Å². The quantitative estimate of drug-likeness (QED) is 0.399. The highest BCUT2D eigenvalue weighted by Crippen LogP contribution is 2.23. The number of nitrogens with zero attached hydrogens (tertiary/aromatic N) is 1. The third kappa shape index (κ3) is 3.58. The largest absolute Gasteiger partial charge is 0.477 e. The lowest BCUT2D eigenvalue weighted by molar-refractivity contribution is -0.132. The first-order valence-corrected chi connectivity index (χ1v) is 6.11. The minimum Gasteiger partial charge on any atom is -0.477 e. The van der Waals surface area contributed by atoms with Crippen LogP contribution in [0.5, 0.6) is 0 Å². The molecule has 0 aliphatic rings. The first kappa shape index (κ1) is 14.7. The fourth-order valence-corrected chi connectivity index (χ4v) is 2.05. The molecule has 0 spiro atoms. The van der Waals surface area contributed by atoms with Gasteiger partial charge in [0.2, 0.25) is 5.78 Å². The Morgan fingerprint density at radius 3 is 2.44 bits per heavy atom. The van der Waals surface area contributed by atoms with Crippen molar-refractivity contribution in [3.63, 3.8) is 0 Å². The summed E-state index contributed by atoms with van der Waals surface area (Å²) < 4.78 is 0.720. The highest BCUT2D eigenvalue weighted by atomic mass is 79.9. The Hall–Kier alpha value is -1.33. The van der Waals surface area contributed by atoms with Gasteiger partial charge < -0.3 is 10.0 Å². The van der Waals surface area contributed by atoms with Gasteiger partial charge in [-0.15, -0.1) is 0 Å². The van der Waals surface area contributed by atoms with Crippen LogP contribution in [0.3, 0.4) is 0 Å². The maximum Gasteiger partial charge on any atom is 0.341 e. The van der Waals surface area contributed by atoms with Crippen molar-refractivity contribution in [2.45, 2.75) is 0 Å². The van der Waals surface area contributed by atoms with E-state index in [0.717, 1.165) is 4.47 Å². The normalized spacial score (nSPS) is 11.2. The summed E-state index contributed by atoms with van der Waals surface area (Å²) in [5.41, 5.74) is -0.167. The molecule has 18 heavy (non-hydrogen) atoms. The summed E-state index contributed by atoms with van der Waals surface area (Å²) in [5.74, 6) is -1.90. The molecule has 1 rings (SSSR count). The van der Waals surface area contributed by atoms with Gasteiger partial charge in [0.1, 0.15) is 5.57 Å². The van der Waals surface area contributed by atoms with Crippen LogP contribution in [-0.2, 0) is 4.79 Å². The topological polar surface area (TPSA) is 57.6 Å². The minimum absolute atomic E-state index is 0.162. The van der Waals surface area contributed by atoms with E-state index in [-0.39, 0.29) is 16.2 Å². The second-order valence-corrected chi connectivity index (χ2v) is 5.09. The number of aliphatic carboxylic acids is 1. The third-order valence-corrected chi connectivity index (χ3v) is 2.84. The average Bonchev–Trinajstić information content (AvgIpc) is 2.24. The van der Waals surface area contributed by atoms with Crippen LogP contribution in [0.1, 0.15) is 10.4 Å². The number of carboxylic acid groups (broad SMARTS) is 1. The molecule has 0 atom stereocenters. The van der Waals surface area contributed by atoms with Crippen LogP contribution in [0.4, 0.5) is 0 Å². The summed E-state index contributed by atoms with van der Waals surface area (Å²) in [6.07, 6.45) is 1.25. The van der Waals surface area contributed by atoms with Gasteiger partial charge in [-0.05, 0) is 18.2 Å². The Bertz CT molecular complexity index is 526. The number of ketones is 1. The van der Waals surface area contributed by atoms with Gasteiger partial charge in [0, 0.05) is 30.3 Å². The summed E-state index contributed by atoms with van der Waals surface area (Å²) in [7, 11) is 3.28. The number of hydrogen-bond donors (Lipinski definition) is 1. The van der Waals surface area contributed by atoms with Gasteiger partial charge >= 0.3 is 5.97 Å². The molecule has 0 saturated carbocycles. The first-order valence-electron chi connectivity index (χ1n) is 4.94. The molecule has 4 nitrogen and oxygen atoms in total. The lowest BCUT2D eigenvalue weighted by Gasteiger charge is -2.09. The van der Waals surface area contributed by atoms with Crippen molar-refractivity contribution in [3.05, 3.63) is 45.0 Å². The SMILES string of the molecule is CN(C)C=C(C(=O)O)C(=O)c1ccc(Br)cc1Cl. The Kier molecular flexibility index (Phi) is 4.93. The van der Waals surface area contributed by atoms with Crippen molar-refractivity contribution >= 4 is 39.3 Å². The molecule has 1 aromatic carbocycles. The Morgan fingerprint density at radius 2 is 2.00 bits per heavy atom. The zero-order chi connectivity index (χ0) is 13.9. The van der Waals surface area contributed by atoms with Crippen LogP contribution in [0, 0.1) is 0 Å². The molecule has 0 radical (unpaired) electrons. The van der Waals surface area contributed by atoms with Crippen LogP contribution in [0.2, 0.25) is 5.02 Å². The number of hydrogen-bond acceptors (Lipinski definition) is 3. The van der Waals surface area contributed by atoms with E-state index >= 15 is 0 Å². The van der Waals surface area contributed by atoms with E-state index in [1.165, 1.54) is 17.2 Å². The highest BCUT2D eigenvalue weighted by molar-refractivity contribution is 9.10. The van der Waals surface area contributed by atoms with Crippen molar-refractivity contribution in [2.75, 3.05) is 14.1 Å². The number of carbonyl (C=O) groups excluding carboxylic acids is 1. The predicted octanol–water partition coefficient (Wildman–Crippen LogP) is 2.82. The molecule has 96 valence electrons. The highest BCUT2D eigenvalue weighted by Gasteiger charge is 2.21. The number of rotatable bonds is 4. The molecule has 0 heterocycles. The van der Waals surface area contributed by atoms with Crippen molar-refractivity contribution in [1.82, 2.24) is 4.90 Å². The van der Waals surface area contributed by atoms with Crippen LogP contribution in [-0.4, -0.2) is 35.9 Å². The maximum absolute atomic E-state index is 12.1. The standard InChI is InChI=1S/C12H11BrClNO3/c1-15(2)6-9(12(17)18)11(16)8-4-3-7(13)5-10(8)14/h3-6H,1-2H3,(H,17,18). The van der Waals surface area contributed by atoms with Crippen LogP contribution in [0.25, 0.3) is 0 Å². The summed E-state index contributed by atoms with van der Waals surface area (Å²) in [5, 5.41) is 9.24. The van der Waals surface area contributed by atoms with Crippen molar-refractivity contribution in [2.24, 2.45) is 0 Å². The van der Waals surface area contributed by atoms with Crippen LogP contribution >= 0.6 is 27.5 Å². The van der Waals surface area contributed by atoms with E-state index in [4.69, 9.17) is 16.7 Å². The van der Waals surface area contributed by atoms with Gasteiger partial charge in [0.05, 0.1) is 5.02 Å². The molecule has 0 saturated heterocycles. The molecule has 0 unspecified atom stereocenters. The Morgan fingerprint density at radius 1 is 1.39 bits per heavy atom. The van der Waals surface area contributed by atoms with Gasteiger partial charge in [-0.1, -0.05) is 27.5 Å². The monoisotopic (exact) mass is 331 g/mol. The van der Waals surface area contributed by atoms with Gasteiger partial charge in [-0.3, -0.25) is 4.79 Å². The van der Waals surface area contributed by atoms with E-state index in [0.29, 0.717) is 0 Å². The molecule has 6 heteroatoms. The average molecular weight is 333 g/mol. The van der Waals surface area contributed by atoms with Gasteiger partial charge in [0.15, 0.2) is 0 Å². The molecular weight excluding hydrogens is 321 g/mol. The molecular formula is C12H11BrClNO3. The smallest absolute Gasteiger partial charge is 0.341 e. The minimum atomic E-state index is -1.28. The molecule has 1 N–H and O–H groups in total. The molecule has 0 amide bonds. The van der Waals surface area contributed by atoms with Crippen molar-refractivity contribution < 1.29 is 14.7 Å². The fraction of sp³-hybridized carbons (Fsp3) is 0.167. The maximum atomic E-state index is 12.1. The number of Topliss-reactive ketones (excluding diaryl/α,β-unsaturated/α-hetero) is 1. The van der Waals surface area contributed by atoms with Gasteiger partial charge in [-0.2, -0.15) is 0 Å². The van der Waals surface area contributed by atoms with Gasteiger partial charge in [0.25, 0.3) is 0 Å². The zero-order valence-electron chi connectivity index (χ0n) is 9.78. The van der Waals surface area contributed by atoms with E-state index < -0.39 is 11.8 Å². The molecule has 0 fully saturated rings. The van der Waals surface area contributed by atoms with Crippen molar-refractivity contribution in [3.8, 4) is 0 Å². The van der Waals surface area contributed by atoms with E-state index in [1.54, 1.807) is 26.2 Å². The molecule has 0 aliphatic heterocycles. The molecule has 0 aromatic heterocycles. The number of carboxylic acids is 1. The fourth-order valence-electron chi connectivity index (χ4n) is 1.29. The molecule has 0 aliphatic carbocycles. The van der Waals surface area contributed by atoms with Crippen molar-refractivity contribution in [1.29, 1.82) is 0 Å². The summed E-state index contributed by atoms with van der Waals surface area (Å²) >= 11 is 9.14. The van der Waals surface area contributed by atoms with Crippen LogP contribution < -0.4 is 0 Å². The first-order chi connectivity index (χ1) is 8.32. The molecule has 1 aromatic rings. The number of benzene rings is 1. The summed E-state index contributed by atoms with van der Waals surface area (Å²) in [6, 6.07) is 4.67. The van der Waals surface area contributed by atoms with E-state index in [9.17, 15) is 9.59 Å². The zero-order valence-corrected chi connectivity index (χ0v) is 12.1. The Balaban J connectivity index is 3.23.